The van der Waals surface area contributed by atoms with Crippen molar-refractivity contribution < 1.29 is 18.5 Å². The van der Waals surface area contributed by atoms with E-state index in [0.29, 0.717) is 36.7 Å². The van der Waals surface area contributed by atoms with Crippen LogP contribution in [0.4, 0.5) is 5.82 Å². The van der Waals surface area contributed by atoms with Crippen LogP contribution in [0, 0.1) is 13.8 Å². The Morgan fingerprint density at radius 2 is 2.23 bits per heavy atom. The smallest absolute Gasteiger partial charge is 0.248 e. The number of nitrogens with zero attached hydrogens (tertiary/aromatic N) is 2. The number of hydrogen-bond donors (Lipinski definition) is 1. The standard InChI is InChI=1S/C15H17N3O4/c1-9-3-4-11(21-9)8-18-12(5-6-14(18)19)15(20)16-13-7-10(2)22-17-13/h3-4,7,12H,5-6,8H2,1-2H3,(H,16,17,20). The van der Waals surface area contributed by atoms with Crippen molar-refractivity contribution in [1.29, 1.82) is 0 Å². The highest BCUT2D eigenvalue weighted by atomic mass is 16.5. The normalized spacial score (nSPS) is 18.0. The Labute approximate surface area is 127 Å². The van der Waals surface area contributed by atoms with E-state index >= 15 is 0 Å². The van der Waals surface area contributed by atoms with E-state index in [1.165, 1.54) is 0 Å². The summed E-state index contributed by atoms with van der Waals surface area (Å²) in [4.78, 5) is 25.9. The monoisotopic (exact) mass is 303 g/mol. The zero-order valence-electron chi connectivity index (χ0n) is 12.5. The van der Waals surface area contributed by atoms with Gasteiger partial charge in [-0.2, -0.15) is 0 Å². The van der Waals surface area contributed by atoms with Crippen molar-refractivity contribution in [1.82, 2.24) is 10.1 Å². The average Bonchev–Trinajstić information content (AvgIpc) is 3.14. The molecule has 1 aliphatic rings. The summed E-state index contributed by atoms with van der Waals surface area (Å²) in [5.74, 6) is 2.10. The molecule has 0 bridgehead atoms. The Morgan fingerprint density at radius 1 is 1.41 bits per heavy atom. The third kappa shape index (κ3) is 2.88. The van der Waals surface area contributed by atoms with E-state index in [2.05, 4.69) is 10.5 Å². The molecule has 22 heavy (non-hydrogen) atoms. The number of carbonyl (C=O) groups is 2. The van der Waals surface area contributed by atoms with Gasteiger partial charge in [0.15, 0.2) is 5.82 Å². The molecule has 0 aromatic carbocycles. The lowest BCUT2D eigenvalue weighted by Gasteiger charge is -2.22. The molecule has 1 N–H and O–H groups in total. The number of rotatable bonds is 4. The summed E-state index contributed by atoms with van der Waals surface area (Å²) < 4.78 is 10.4. The molecule has 1 fully saturated rings. The molecule has 3 heterocycles. The fraction of sp³-hybridized carbons (Fsp3) is 0.400. The van der Waals surface area contributed by atoms with E-state index in [4.69, 9.17) is 8.94 Å². The molecular weight excluding hydrogens is 286 g/mol. The van der Waals surface area contributed by atoms with Gasteiger partial charge in [-0.25, -0.2) is 0 Å². The molecule has 0 saturated carbocycles. The van der Waals surface area contributed by atoms with Crippen LogP contribution in [0.25, 0.3) is 0 Å². The van der Waals surface area contributed by atoms with Gasteiger partial charge in [-0.1, -0.05) is 5.16 Å². The van der Waals surface area contributed by atoms with Crippen molar-refractivity contribution in [3.05, 3.63) is 35.5 Å². The van der Waals surface area contributed by atoms with Gasteiger partial charge < -0.3 is 19.2 Å². The molecular formula is C15H17N3O4. The van der Waals surface area contributed by atoms with Crippen LogP contribution in [0.3, 0.4) is 0 Å². The number of amides is 2. The molecule has 2 aromatic heterocycles. The van der Waals surface area contributed by atoms with Gasteiger partial charge in [-0.15, -0.1) is 0 Å². The Morgan fingerprint density at radius 3 is 2.86 bits per heavy atom. The average molecular weight is 303 g/mol. The predicted molar refractivity (Wildman–Crippen MR) is 76.9 cm³/mol. The largest absolute Gasteiger partial charge is 0.464 e. The van der Waals surface area contributed by atoms with Gasteiger partial charge in [0, 0.05) is 12.5 Å². The Hall–Kier alpha value is -2.57. The zero-order valence-corrected chi connectivity index (χ0v) is 12.5. The van der Waals surface area contributed by atoms with Crippen molar-refractivity contribution in [2.24, 2.45) is 0 Å². The highest BCUT2D eigenvalue weighted by Crippen LogP contribution is 2.23. The first-order valence-corrected chi connectivity index (χ1v) is 7.12. The van der Waals surface area contributed by atoms with Gasteiger partial charge in [0.2, 0.25) is 11.8 Å². The lowest BCUT2D eigenvalue weighted by atomic mass is 10.2. The molecule has 3 rings (SSSR count). The van der Waals surface area contributed by atoms with Gasteiger partial charge in [-0.3, -0.25) is 9.59 Å². The van der Waals surface area contributed by atoms with Crippen LogP contribution < -0.4 is 5.32 Å². The van der Waals surface area contributed by atoms with Gasteiger partial charge in [0.25, 0.3) is 0 Å². The number of hydrogen-bond acceptors (Lipinski definition) is 5. The molecule has 7 nitrogen and oxygen atoms in total. The number of carbonyl (C=O) groups excluding carboxylic acids is 2. The number of furan rings is 1. The molecule has 0 radical (unpaired) electrons. The molecule has 1 aliphatic heterocycles. The molecule has 1 unspecified atom stereocenters. The van der Waals surface area contributed by atoms with Crippen LogP contribution in [-0.4, -0.2) is 27.9 Å². The highest BCUT2D eigenvalue weighted by Gasteiger charge is 2.36. The van der Waals surface area contributed by atoms with Crippen molar-refractivity contribution in [3.8, 4) is 0 Å². The summed E-state index contributed by atoms with van der Waals surface area (Å²) in [5, 5.41) is 6.41. The zero-order chi connectivity index (χ0) is 15.7. The Kier molecular flexibility index (Phi) is 3.70. The quantitative estimate of drug-likeness (QED) is 0.933. The van der Waals surface area contributed by atoms with Gasteiger partial charge >= 0.3 is 0 Å². The van der Waals surface area contributed by atoms with Crippen molar-refractivity contribution in [2.45, 2.75) is 39.3 Å². The van der Waals surface area contributed by atoms with E-state index in [-0.39, 0.29) is 11.8 Å². The summed E-state index contributed by atoms with van der Waals surface area (Å²) in [6, 6.07) is 4.77. The topological polar surface area (TPSA) is 88.6 Å². The van der Waals surface area contributed by atoms with Crippen LogP contribution in [0.5, 0.6) is 0 Å². The first-order chi connectivity index (χ1) is 10.5. The molecule has 7 heteroatoms. The van der Waals surface area contributed by atoms with Crippen LogP contribution in [0.1, 0.15) is 30.1 Å². The van der Waals surface area contributed by atoms with Crippen LogP contribution in [0.2, 0.25) is 0 Å². The summed E-state index contributed by atoms with van der Waals surface area (Å²) in [6.45, 7) is 3.88. The van der Waals surface area contributed by atoms with Gasteiger partial charge in [-0.05, 0) is 32.4 Å². The fourth-order valence-corrected chi connectivity index (χ4v) is 2.58. The van der Waals surface area contributed by atoms with Crippen LogP contribution in [0.15, 0.2) is 27.1 Å². The third-order valence-electron chi connectivity index (χ3n) is 3.63. The number of aryl methyl sites for hydroxylation is 2. The van der Waals surface area contributed by atoms with E-state index in [0.717, 1.165) is 5.76 Å². The SMILES string of the molecule is Cc1cc(NC(=O)C2CCC(=O)N2Cc2ccc(C)o2)no1. The maximum atomic E-state index is 12.4. The molecule has 0 spiro atoms. The summed E-state index contributed by atoms with van der Waals surface area (Å²) in [5.41, 5.74) is 0. The molecule has 0 aliphatic carbocycles. The molecule has 1 atom stereocenters. The maximum absolute atomic E-state index is 12.4. The van der Waals surface area contributed by atoms with Crippen LogP contribution >= 0.6 is 0 Å². The fourth-order valence-electron chi connectivity index (χ4n) is 2.58. The lowest BCUT2D eigenvalue weighted by Crippen LogP contribution is -2.41. The molecule has 1 saturated heterocycles. The van der Waals surface area contributed by atoms with E-state index in [9.17, 15) is 9.59 Å². The second-order valence-corrected chi connectivity index (χ2v) is 5.40. The first kappa shape index (κ1) is 14.4. The minimum absolute atomic E-state index is 0.0504. The second kappa shape index (κ2) is 5.67. The Balaban J connectivity index is 1.70. The molecule has 2 aromatic rings. The molecule has 2 amide bonds. The maximum Gasteiger partial charge on any atom is 0.248 e. The number of aromatic nitrogens is 1. The van der Waals surface area contributed by atoms with E-state index in [1.807, 2.05) is 19.1 Å². The first-order valence-electron chi connectivity index (χ1n) is 7.12. The van der Waals surface area contributed by atoms with Gasteiger partial charge in [0.1, 0.15) is 23.3 Å². The van der Waals surface area contributed by atoms with E-state index in [1.54, 1.807) is 17.9 Å². The van der Waals surface area contributed by atoms with Crippen molar-refractivity contribution >= 4 is 17.6 Å². The van der Waals surface area contributed by atoms with Gasteiger partial charge in [0.05, 0.1) is 6.54 Å². The third-order valence-corrected chi connectivity index (χ3v) is 3.63. The highest BCUT2D eigenvalue weighted by molar-refractivity contribution is 5.98. The minimum atomic E-state index is -0.519. The Bertz CT molecular complexity index is 703. The number of anilines is 1. The van der Waals surface area contributed by atoms with Crippen molar-refractivity contribution in [2.75, 3.05) is 5.32 Å². The molecule has 116 valence electrons. The number of nitrogens with one attached hydrogen (secondary N) is 1. The summed E-state index contributed by atoms with van der Waals surface area (Å²) in [7, 11) is 0. The number of likely N-dealkylation sites (tertiary alicyclic amines) is 1. The summed E-state index contributed by atoms with van der Waals surface area (Å²) in [6.07, 6.45) is 0.844. The minimum Gasteiger partial charge on any atom is -0.464 e. The summed E-state index contributed by atoms with van der Waals surface area (Å²) >= 11 is 0. The van der Waals surface area contributed by atoms with Crippen molar-refractivity contribution in [3.63, 3.8) is 0 Å². The van der Waals surface area contributed by atoms with E-state index < -0.39 is 6.04 Å². The van der Waals surface area contributed by atoms with Crippen LogP contribution in [-0.2, 0) is 16.1 Å². The lowest BCUT2D eigenvalue weighted by molar-refractivity contribution is -0.134. The predicted octanol–water partition coefficient (Wildman–Crippen LogP) is 2.01. The second-order valence-electron chi connectivity index (χ2n) is 5.40.